The number of nitrogens with two attached hydrogens (primary N) is 1. The molecule has 0 fully saturated rings. The summed E-state index contributed by atoms with van der Waals surface area (Å²) in [5.74, 6) is -0.166. The van der Waals surface area contributed by atoms with Crippen LogP contribution in [-0.2, 0) is 16.1 Å². The summed E-state index contributed by atoms with van der Waals surface area (Å²) in [6, 6.07) is 2.84. The fourth-order valence-corrected chi connectivity index (χ4v) is 2.36. The molecule has 0 saturated heterocycles. The van der Waals surface area contributed by atoms with Crippen LogP contribution in [0.25, 0.3) is 0 Å². The van der Waals surface area contributed by atoms with Crippen LogP contribution in [0.1, 0.15) is 6.92 Å². The van der Waals surface area contributed by atoms with Gasteiger partial charge in [-0.1, -0.05) is 0 Å². The van der Waals surface area contributed by atoms with Crippen LogP contribution in [0.5, 0.6) is 5.06 Å². The quantitative estimate of drug-likeness (QED) is 0.754. The van der Waals surface area contributed by atoms with Gasteiger partial charge in [-0.3, -0.25) is 4.79 Å². The highest BCUT2D eigenvalue weighted by Crippen LogP contribution is 2.18. The van der Waals surface area contributed by atoms with Crippen LogP contribution in [-0.4, -0.2) is 22.6 Å². The van der Waals surface area contributed by atoms with Crippen molar-refractivity contribution in [2.75, 3.05) is 6.54 Å². The predicted molar refractivity (Wildman–Crippen MR) is 59.7 cm³/mol. The molecular weight excluding hydrogens is 236 g/mol. The van der Waals surface area contributed by atoms with E-state index in [0.717, 1.165) is 0 Å². The summed E-state index contributed by atoms with van der Waals surface area (Å²) in [7, 11) is 0. The van der Waals surface area contributed by atoms with E-state index in [-0.39, 0.29) is 12.3 Å². The average Bonchev–Trinajstić information content (AvgIpc) is 2.66. The minimum absolute atomic E-state index is 0.0921. The molecule has 1 aromatic rings. The Morgan fingerprint density at radius 3 is 3.00 bits per heavy atom. The first kappa shape index (κ1) is 12.3. The Balaban J connectivity index is 2.45. The smallest absolute Gasteiger partial charge is 0.289 e. The fourth-order valence-electron chi connectivity index (χ4n) is 0.823. The molecule has 0 amide bonds. The van der Waals surface area contributed by atoms with Crippen LogP contribution in [0.4, 0.5) is 0 Å². The molecule has 1 heterocycles. The van der Waals surface area contributed by atoms with Crippen molar-refractivity contribution in [2.45, 2.75) is 13.0 Å². The number of hydrogen-bond donors (Lipinski definition) is 2. The average molecular weight is 248 g/mol. The molecule has 0 aliphatic carbocycles. The highest BCUT2D eigenvalue weighted by Gasteiger charge is 2.15. The van der Waals surface area contributed by atoms with Gasteiger partial charge in [0.15, 0.2) is 5.06 Å². The summed E-state index contributed by atoms with van der Waals surface area (Å²) in [6.07, 6.45) is 0. The summed E-state index contributed by atoms with van der Waals surface area (Å²) >= 11 is -0.417. The van der Waals surface area contributed by atoms with E-state index in [1.807, 2.05) is 0 Å². The summed E-state index contributed by atoms with van der Waals surface area (Å²) in [4.78, 5) is 11.0. The molecule has 1 aromatic heterocycles. The maximum atomic E-state index is 11.4. The van der Waals surface area contributed by atoms with Crippen LogP contribution < -0.4 is 14.6 Å². The van der Waals surface area contributed by atoms with Gasteiger partial charge in [-0.2, -0.15) is 8.93 Å². The molecule has 84 valence electrons. The van der Waals surface area contributed by atoms with E-state index in [2.05, 4.69) is 4.72 Å². The molecular formula is C8H12N2O3S2. The number of carbonyl (C=O) groups is 1. The van der Waals surface area contributed by atoms with E-state index in [0.29, 0.717) is 5.06 Å². The normalized spacial score (nSPS) is 14.5. The van der Waals surface area contributed by atoms with E-state index >= 15 is 0 Å². The van der Waals surface area contributed by atoms with Crippen molar-refractivity contribution in [3.63, 3.8) is 0 Å². The first-order valence-corrected chi connectivity index (χ1v) is 6.19. The lowest BCUT2D eigenvalue weighted by Gasteiger charge is -2.11. The molecule has 5 nitrogen and oxygen atoms in total. The van der Waals surface area contributed by atoms with Crippen LogP contribution in [0.2, 0.25) is 0 Å². The second-order valence-corrected chi connectivity index (χ2v) is 4.55. The Morgan fingerprint density at radius 2 is 2.53 bits per heavy atom. The van der Waals surface area contributed by atoms with Gasteiger partial charge in [0.05, 0.1) is 6.04 Å². The SMILES string of the molecule is CC(=O)C(CN)NS(=O)Oc1cccs1. The maximum absolute atomic E-state index is 11.4. The van der Waals surface area contributed by atoms with Gasteiger partial charge in [0.1, 0.15) is 5.78 Å². The molecule has 15 heavy (non-hydrogen) atoms. The topological polar surface area (TPSA) is 81.4 Å². The molecule has 7 heteroatoms. The Bertz CT molecular complexity index is 340. The van der Waals surface area contributed by atoms with Gasteiger partial charge in [-0.05, 0) is 24.4 Å². The Morgan fingerprint density at radius 1 is 1.80 bits per heavy atom. The standard InChI is InChI=1S/C8H12N2O3S2/c1-6(11)7(5-9)10-15(12)13-8-3-2-4-14-8/h2-4,7,10H,5,9H2,1H3. The molecule has 0 aliphatic rings. The zero-order chi connectivity index (χ0) is 11.3. The molecule has 2 unspecified atom stereocenters. The van der Waals surface area contributed by atoms with Gasteiger partial charge in [-0.25, -0.2) is 0 Å². The van der Waals surface area contributed by atoms with Gasteiger partial charge in [0, 0.05) is 6.54 Å². The Kier molecular flexibility index (Phi) is 4.89. The lowest BCUT2D eigenvalue weighted by Crippen LogP contribution is -2.43. The number of thiophene rings is 1. The number of ketones is 1. The highest BCUT2D eigenvalue weighted by atomic mass is 32.2. The monoisotopic (exact) mass is 248 g/mol. The summed E-state index contributed by atoms with van der Waals surface area (Å²) in [5.41, 5.74) is 5.32. The third kappa shape index (κ3) is 4.08. The zero-order valence-corrected chi connectivity index (χ0v) is 9.77. The van der Waals surface area contributed by atoms with Crippen molar-refractivity contribution in [2.24, 2.45) is 5.73 Å². The van der Waals surface area contributed by atoms with Crippen molar-refractivity contribution in [1.29, 1.82) is 0 Å². The molecule has 0 aromatic carbocycles. The number of Topliss-reactive ketones (excluding diaryl/α,β-unsaturated/α-hetero) is 1. The first-order valence-electron chi connectivity index (χ1n) is 4.23. The number of rotatable bonds is 6. The van der Waals surface area contributed by atoms with E-state index in [1.54, 1.807) is 17.5 Å². The largest absolute Gasteiger partial charge is 0.378 e. The van der Waals surface area contributed by atoms with Gasteiger partial charge >= 0.3 is 0 Å². The fraction of sp³-hybridized carbons (Fsp3) is 0.375. The second-order valence-electron chi connectivity index (χ2n) is 2.77. The van der Waals surface area contributed by atoms with Crippen molar-refractivity contribution < 1.29 is 13.2 Å². The van der Waals surface area contributed by atoms with Crippen LogP contribution >= 0.6 is 11.3 Å². The molecule has 0 radical (unpaired) electrons. The lowest BCUT2D eigenvalue weighted by molar-refractivity contribution is -0.118. The Labute approximate surface area is 94.4 Å². The molecule has 2 atom stereocenters. The Hall–Kier alpha value is -0.760. The third-order valence-corrected chi connectivity index (χ3v) is 3.28. The van der Waals surface area contributed by atoms with E-state index in [9.17, 15) is 9.00 Å². The van der Waals surface area contributed by atoms with Gasteiger partial charge in [0.25, 0.3) is 11.3 Å². The van der Waals surface area contributed by atoms with Crippen LogP contribution in [0, 0.1) is 0 Å². The van der Waals surface area contributed by atoms with Crippen LogP contribution in [0.15, 0.2) is 17.5 Å². The highest BCUT2D eigenvalue weighted by molar-refractivity contribution is 7.78. The maximum Gasteiger partial charge on any atom is 0.289 e. The van der Waals surface area contributed by atoms with E-state index in [4.69, 9.17) is 9.92 Å². The van der Waals surface area contributed by atoms with Gasteiger partial charge in [0.2, 0.25) is 0 Å². The zero-order valence-electron chi connectivity index (χ0n) is 8.14. The number of carbonyl (C=O) groups excluding carboxylic acids is 1. The van der Waals surface area contributed by atoms with Crippen molar-refractivity contribution in [3.05, 3.63) is 17.5 Å². The third-order valence-electron chi connectivity index (χ3n) is 1.62. The number of nitrogens with one attached hydrogen (secondary N) is 1. The molecule has 0 spiro atoms. The van der Waals surface area contributed by atoms with Crippen molar-refractivity contribution in [3.8, 4) is 5.06 Å². The van der Waals surface area contributed by atoms with E-state index < -0.39 is 17.3 Å². The van der Waals surface area contributed by atoms with Gasteiger partial charge < -0.3 is 9.92 Å². The van der Waals surface area contributed by atoms with Crippen LogP contribution in [0.3, 0.4) is 0 Å². The van der Waals surface area contributed by atoms with E-state index in [1.165, 1.54) is 18.3 Å². The summed E-state index contributed by atoms with van der Waals surface area (Å²) in [6.45, 7) is 1.47. The number of hydrogen-bond acceptors (Lipinski definition) is 5. The first-order chi connectivity index (χ1) is 7.13. The molecule has 1 rings (SSSR count). The minimum atomic E-state index is -1.74. The van der Waals surface area contributed by atoms with Crippen molar-refractivity contribution in [1.82, 2.24) is 4.72 Å². The van der Waals surface area contributed by atoms with Crippen molar-refractivity contribution >= 4 is 28.4 Å². The minimum Gasteiger partial charge on any atom is -0.378 e. The summed E-state index contributed by atoms with van der Waals surface area (Å²) < 4.78 is 18.9. The second kappa shape index (κ2) is 5.96. The van der Waals surface area contributed by atoms with Gasteiger partial charge in [-0.15, -0.1) is 11.3 Å². The molecule has 3 N–H and O–H groups in total. The predicted octanol–water partition coefficient (Wildman–Crippen LogP) is 0.211. The molecule has 0 saturated carbocycles. The summed E-state index contributed by atoms with van der Waals surface area (Å²) in [5, 5.41) is 2.33. The lowest BCUT2D eigenvalue weighted by atomic mass is 10.2. The molecule has 0 bridgehead atoms. The molecule has 0 aliphatic heterocycles.